The van der Waals surface area contributed by atoms with E-state index in [1.54, 1.807) is 15.8 Å². The van der Waals surface area contributed by atoms with Gasteiger partial charge in [0.1, 0.15) is 5.56 Å². The van der Waals surface area contributed by atoms with Crippen LogP contribution in [0.3, 0.4) is 0 Å². The van der Waals surface area contributed by atoms with Gasteiger partial charge in [0.2, 0.25) is 0 Å². The summed E-state index contributed by atoms with van der Waals surface area (Å²) in [5, 5.41) is 4.50. The van der Waals surface area contributed by atoms with E-state index in [9.17, 15) is 9.59 Å². The Morgan fingerprint density at radius 3 is 2.41 bits per heavy atom. The van der Waals surface area contributed by atoms with Gasteiger partial charge in [-0.3, -0.25) is 9.59 Å². The number of rotatable bonds is 5. The molecular weight excluding hydrogens is 368 g/mol. The van der Waals surface area contributed by atoms with Crippen LogP contribution in [0.5, 0.6) is 0 Å². The minimum absolute atomic E-state index is 0.0711. The standard InChI is InChI=1S/C22H24N4O3/c1-2-29-22(28)17-10-14-25(15-11-17)21(27)19-16-23-26(18-8-4-3-5-9-18)20(19)24-12-6-7-13-24/h3-9,12-13,16-17H,2,10-11,14-15H2,1H3. The second-order valence-corrected chi connectivity index (χ2v) is 7.04. The summed E-state index contributed by atoms with van der Waals surface area (Å²) in [4.78, 5) is 27.1. The summed E-state index contributed by atoms with van der Waals surface area (Å²) in [5.41, 5.74) is 1.43. The maximum atomic E-state index is 13.3. The van der Waals surface area contributed by atoms with E-state index in [2.05, 4.69) is 5.10 Å². The van der Waals surface area contributed by atoms with Crippen molar-refractivity contribution in [3.05, 3.63) is 66.6 Å². The molecule has 0 N–H and O–H groups in total. The van der Waals surface area contributed by atoms with E-state index < -0.39 is 0 Å². The van der Waals surface area contributed by atoms with Gasteiger partial charge in [-0.05, 0) is 44.0 Å². The first-order valence-corrected chi connectivity index (χ1v) is 9.91. The molecular formula is C22H24N4O3. The van der Waals surface area contributed by atoms with Crippen LogP contribution >= 0.6 is 0 Å². The van der Waals surface area contributed by atoms with Gasteiger partial charge in [0.25, 0.3) is 5.91 Å². The molecule has 0 bridgehead atoms. The van der Waals surface area contributed by atoms with Crippen LogP contribution in [0.1, 0.15) is 30.1 Å². The van der Waals surface area contributed by atoms with E-state index in [-0.39, 0.29) is 17.8 Å². The van der Waals surface area contributed by atoms with Crippen molar-refractivity contribution in [2.45, 2.75) is 19.8 Å². The van der Waals surface area contributed by atoms with Crippen molar-refractivity contribution in [1.82, 2.24) is 19.2 Å². The third kappa shape index (κ3) is 3.81. The number of carbonyl (C=O) groups is 2. The minimum atomic E-state index is -0.162. The van der Waals surface area contributed by atoms with Crippen LogP contribution < -0.4 is 0 Å². The molecule has 0 aliphatic carbocycles. The van der Waals surface area contributed by atoms with Crippen molar-refractivity contribution in [3.63, 3.8) is 0 Å². The average molecular weight is 392 g/mol. The second-order valence-electron chi connectivity index (χ2n) is 7.04. The lowest BCUT2D eigenvalue weighted by atomic mass is 9.96. The normalized spacial score (nSPS) is 14.7. The van der Waals surface area contributed by atoms with Crippen LogP contribution in [0.25, 0.3) is 11.5 Å². The predicted octanol–water partition coefficient (Wildman–Crippen LogP) is 3.08. The van der Waals surface area contributed by atoms with Gasteiger partial charge < -0.3 is 14.2 Å². The number of hydrogen-bond acceptors (Lipinski definition) is 4. The molecule has 7 nitrogen and oxygen atoms in total. The number of aromatic nitrogens is 3. The molecule has 0 saturated carbocycles. The third-order valence-electron chi connectivity index (χ3n) is 5.23. The molecule has 1 amide bonds. The molecule has 0 atom stereocenters. The number of esters is 1. The van der Waals surface area contributed by atoms with Crippen LogP contribution in [0.15, 0.2) is 61.1 Å². The van der Waals surface area contributed by atoms with Gasteiger partial charge in [-0.25, -0.2) is 4.68 Å². The number of hydrogen-bond donors (Lipinski definition) is 0. The fourth-order valence-electron chi connectivity index (χ4n) is 3.72. The zero-order chi connectivity index (χ0) is 20.2. The molecule has 4 rings (SSSR count). The summed E-state index contributed by atoms with van der Waals surface area (Å²) in [5.74, 6) is 0.344. The highest BCUT2D eigenvalue weighted by Crippen LogP contribution is 2.24. The zero-order valence-corrected chi connectivity index (χ0v) is 16.4. The van der Waals surface area contributed by atoms with Gasteiger partial charge in [-0.1, -0.05) is 18.2 Å². The molecule has 0 spiro atoms. The lowest BCUT2D eigenvalue weighted by Crippen LogP contribution is -2.40. The molecule has 1 aliphatic rings. The predicted molar refractivity (Wildman–Crippen MR) is 108 cm³/mol. The van der Waals surface area contributed by atoms with Gasteiger partial charge in [0.15, 0.2) is 5.82 Å². The minimum Gasteiger partial charge on any atom is -0.466 e. The van der Waals surface area contributed by atoms with Crippen LogP contribution in [0.4, 0.5) is 0 Å². The Morgan fingerprint density at radius 1 is 1.07 bits per heavy atom. The molecule has 1 aromatic carbocycles. The molecule has 0 radical (unpaired) electrons. The molecule has 150 valence electrons. The Labute approximate surface area is 169 Å². The van der Waals surface area contributed by atoms with Gasteiger partial charge in [-0.2, -0.15) is 5.10 Å². The highest BCUT2D eigenvalue weighted by Gasteiger charge is 2.31. The van der Waals surface area contributed by atoms with Crippen LogP contribution in [0.2, 0.25) is 0 Å². The lowest BCUT2D eigenvalue weighted by molar-refractivity contribution is -0.149. The second kappa shape index (κ2) is 8.34. The Hall–Kier alpha value is -3.35. The Balaban J connectivity index is 1.60. The summed E-state index contributed by atoms with van der Waals surface area (Å²) in [6.07, 6.45) is 6.68. The van der Waals surface area contributed by atoms with Crippen molar-refractivity contribution in [2.75, 3.05) is 19.7 Å². The van der Waals surface area contributed by atoms with E-state index in [0.717, 1.165) is 5.69 Å². The quantitative estimate of drug-likeness (QED) is 0.626. The van der Waals surface area contributed by atoms with Crippen LogP contribution in [0, 0.1) is 5.92 Å². The van der Waals surface area contributed by atoms with Gasteiger partial charge in [0, 0.05) is 25.5 Å². The summed E-state index contributed by atoms with van der Waals surface area (Å²) in [6.45, 7) is 3.26. The van der Waals surface area contributed by atoms with Crippen LogP contribution in [-0.2, 0) is 9.53 Å². The van der Waals surface area contributed by atoms with E-state index in [0.29, 0.717) is 43.9 Å². The topological polar surface area (TPSA) is 69.4 Å². The van der Waals surface area contributed by atoms with Crippen molar-refractivity contribution in [2.24, 2.45) is 5.92 Å². The highest BCUT2D eigenvalue weighted by atomic mass is 16.5. The first kappa shape index (κ1) is 19.0. The number of amides is 1. The zero-order valence-electron chi connectivity index (χ0n) is 16.4. The number of para-hydroxylation sites is 1. The molecule has 2 aromatic heterocycles. The lowest BCUT2D eigenvalue weighted by Gasteiger charge is -2.30. The Kier molecular flexibility index (Phi) is 5.46. The average Bonchev–Trinajstić information content (AvgIpc) is 3.44. The number of nitrogens with zero attached hydrogens (tertiary/aromatic N) is 4. The fraction of sp³-hybridized carbons (Fsp3) is 0.318. The van der Waals surface area contributed by atoms with E-state index in [4.69, 9.17) is 4.74 Å². The van der Waals surface area contributed by atoms with Crippen molar-refractivity contribution >= 4 is 11.9 Å². The molecule has 3 heterocycles. The van der Waals surface area contributed by atoms with Gasteiger partial charge >= 0.3 is 5.97 Å². The molecule has 29 heavy (non-hydrogen) atoms. The Bertz CT molecular complexity index is 971. The maximum absolute atomic E-state index is 13.3. The first-order chi connectivity index (χ1) is 14.2. The van der Waals surface area contributed by atoms with Gasteiger partial charge in [0.05, 0.1) is 24.4 Å². The summed E-state index contributed by atoms with van der Waals surface area (Å²) in [6, 6.07) is 13.6. The number of benzene rings is 1. The van der Waals surface area contributed by atoms with Crippen molar-refractivity contribution < 1.29 is 14.3 Å². The van der Waals surface area contributed by atoms with E-state index in [1.165, 1.54) is 0 Å². The molecule has 1 saturated heterocycles. The fourth-order valence-corrected chi connectivity index (χ4v) is 3.72. The van der Waals surface area contributed by atoms with Gasteiger partial charge in [-0.15, -0.1) is 0 Å². The van der Waals surface area contributed by atoms with Crippen LogP contribution in [-0.4, -0.2) is 50.8 Å². The van der Waals surface area contributed by atoms with E-state index >= 15 is 0 Å². The molecule has 7 heteroatoms. The smallest absolute Gasteiger partial charge is 0.309 e. The number of carbonyl (C=O) groups excluding carboxylic acids is 2. The van der Waals surface area contributed by atoms with Crippen molar-refractivity contribution in [3.8, 4) is 11.5 Å². The van der Waals surface area contributed by atoms with Crippen molar-refractivity contribution in [1.29, 1.82) is 0 Å². The number of likely N-dealkylation sites (tertiary alicyclic amines) is 1. The highest BCUT2D eigenvalue weighted by molar-refractivity contribution is 5.97. The maximum Gasteiger partial charge on any atom is 0.309 e. The largest absolute Gasteiger partial charge is 0.466 e. The monoisotopic (exact) mass is 392 g/mol. The molecule has 1 fully saturated rings. The number of ether oxygens (including phenoxy) is 1. The Morgan fingerprint density at radius 2 is 1.76 bits per heavy atom. The summed E-state index contributed by atoms with van der Waals surface area (Å²) >= 11 is 0. The third-order valence-corrected chi connectivity index (χ3v) is 5.23. The van der Waals surface area contributed by atoms with E-state index in [1.807, 2.05) is 66.3 Å². The molecule has 0 unspecified atom stereocenters. The number of piperidine rings is 1. The molecule has 1 aliphatic heterocycles. The summed E-state index contributed by atoms with van der Waals surface area (Å²) in [7, 11) is 0. The summed E-state index contributed by atoms with van der Waals surface area (Å²) < 4.78 is 8.80. The molecule has 3 aromatic rings. The SMILES string of the molecule is CCOC(=O)C1CCN(C(=O)c2cnn(-c3ccccc3)c2-n2cccc2)CC1. The first-order valence-electron chi connectivity index (χ1n) is 9.91.